The van der Waals surface area contributed by atoms with Crippen LogP contribution in [0.4, 0.5) is 5.82 Å². The number of carbonyl (C=O) groups excluding carboxylic acids is 1. The Morgan fingerprint density at radius 2 is 2.04 bits per heavy atom. The second kappa shape index (κ2) is 6.21. The van der Waals surface area contributed by atoms with Gasteiger partial charge >= 0.3 is 0 Å². The summed E-state index contributed by atoms with van der Waals surface area (Å²) >= 11 is 0. The Kier molecular flexibility index (Phi) is 4.50. The number of nitrogens with zero attached hydrogens (tertiary/aromatic N) is 4. The van der Waals surface area contributed by atoms with Crippen LogP contribution in [-0.2, 0) is 5.54 Å². The van der Waals surface area contributed by atoms with Crippen LogP contribution in [-0.4, -0.2) is 20.7 Å². The van der Waals surface area contributed by atoms with Crippen molar-refractivity contribution in [1.82, 2.24) is 14.8 Å². The fraction of sp³-hybridized carbons (Fsp3) is 0.412. The highest BCUT2D eigenvalue weighted by Crippen LogP contribution is 2.20. The van der Waals surface area contributed by atoms with Crippen LogP contribution in [0.5, 0.6) is 0 Å². The highest BCUT2D eigenvalue weighted by atomic mass is 16.1. The highest BCUT2D eigenvalue weighted by molar-refractivity contribution is 6.04. The summed E-state index contributed by atoms with van der Waals surface area (Å²) in [6, 6.07) is 5.61. The number of rotatable bonds is 3. The summed E-state index contributed by atoms with van der Waals surface area (Å²) in [5, 5.41) is 16.2. The smallest absolute Gasteiger partial charge is 0.258 e. The topological polar surface area (TPSA) is 83.6 Å². The minimum absolute atomic E-state index is 0.264. The van der Waals surface area contributed by atoms with Gasteiger partial charge in [-0.1, -0.05) is 13.8 Å². The van der Waals surface area contributed by atoms with Crippen LogP contribution in [0.1, 0.15) is 62.2 Å². The number of carbonyl (C=O) groups is 1. The normalized spacial score (nSPS) is 11.3. The van der Waals surface area contributed by atoms with Crippen LogP contribution in [0.3, 0.4) is 0 Å². The molecular formula is C17H21N5O. The average molecular weight is 311 g/mol. The lowest BCUT2D eigenvalue weighted by Gasteiger charge is -2.18. The molecule has 0 fully saturated rings. The van der Waals surface area contributed by atoms with E-state index in [2.05, 4.69) is 21.5 Å². The lowest BCUT2D eigenvalue weighted by Crippen LogP contribution is -2.22. The van der Waals surface area contributed by atoms with Gasteiger partial charge in [0.05, 0.1) is 11.1 Å². The molecule has 2 heterocycles. The van der Waals surface area contributed by atoms with Gasteiger partial charge in [0.1, 0.15) is 11.6 Å². The third-order valence-electron chi connectivity index (χ3n) is 3.39. The zero-order valence-electron chi connectivity index (χ0n) is 14.1. The van der Waals surface area contributed by atoms with E-state index in [0.717, 1.165) is 5.69 Å². The second-order valence-corrected chi connectivity index (χ2v) is 6.70. The van der Waals surface area contributed by atoms with Crippen LogP contribution in [0.15, 0.2) is 24.5 Å². The largest absolute Gasteiger partial charge is 0.304 e. The first-order valence-corrected chi connectivity index (χ1v) is 7.50. The number of nitrogens with one attached hydrogen (secondary N) is 1. The lowest BCUT2D eigenvalue weighted by atomic mass is 10.1. The van der Waals surface area contributed by atoms with E-state index in [1.165, 1.54) is 6.20 Å². The van der Waals surface area contributed by atoms with E-state index in [-0.39, 0.29) is 17.3 Å². The van der Waals surface area contributed by atoms with Gasteiger partial charge in [0, 0.05) is 18.1 Å². The molecule has 0 unspecified atom stereocenters. The van der Waals surface area contributed by atoms with Gasteiger partial charge in [0.2, 0.25) is 0 Å². The third kappa shape index (κ3) is 3.75. The van der Waals surface area contributed by atoms with Crippen molar-refractivity contribution in [2.75, 3.05) is 5.32 Å². The summed E-state index contributed by atoms with van der Waals surface area (Å²) in [6.07, 6.45) is 3.17. The standard InChI is InChI=1S/C17H21N5O/c1-11(2)14-7-6-12(9-19-14)16(23)20-15-13(8-18)10-22(21-15)17(3,4)5/h6-7,9-11H,1-5H3,(H,20,21,23). The third-order valence-corrected chi connectivity index (χ3v) is 3.39. The van der Waals surface area contributed by atoms with Gasteiger partial charge in [-0.05, 0) is 38.8 Å². The zero-order chi connectivity index (χ0) is 17.2. The van der Waals surface area contributed by atoms with Crippen LogP contribution in [0.2, 0.25) is 0 Å². The van der Waals surface area contributed by atoms with Gasteiger partial charge < -0.3 is 5.32 Å². The van der Waals surface area contributed by atoms with Gasteiger partial charge in [0.15, 0.2) is 5.82 Å². The fourth-order valence-electron chi connectivity index (χ4n) is 1.95. The van der Waals surface area contributed by atoms with Gasteiger partial charge in [-0.25, -0.2) is 0 Å². The maximum atomic E-state index is 12.3. The summed E-state index contributed by atoms with van der Waals surface area (Å²) in [7, 11) is 0. The van der Waals surface area contributed by atoms with E-state index in [4.69, 9.17) is 0 Å². The molecule has 2 aromatic rings. The highest BCUT2D eigenvalue weighted by Gasteiger charge is 2.19. The summed E-state index contributed by atoms with van der Waals surface area (Å²) < 4.78 is 1.67. The molecule has 23 heavy (non-hydrogen) atoms. The minimum Gasteiger partial charge on any atom is -0.304 e. The van der Waals surface area contributed by atoms with Crippen molar-refractivity contribution < 1.29 is 4.79 Å². The molecule has 1 N–H and O–H groups in total. The summed E-state index contributed by atoms with van der Waals surface area (Å²) in [4.78, 5) is 16.6. The van der Waals surface area contributed by atoms with Crippen LogP contribution in [0.25, 0.3) is 0 Å². The molecule has 0 saturated heterocycles. The van der Waals surface area contributed by atoms with Crippen LogP contribution in [0, 0.1) is 11.3 Å². The molecule has 2 rings (SSSR count). The summed E-state index contributed by atoms with van der Waals surface area (Å²) in [6.45, 7) is 10.0. The Morgan fingerprint density at radius 1 is 1.35 bits per heavy atom. The first-order chi connectivity index (χ1) is 10.7. The van der Waals surface area contributed by atoms with E-state index in [1.807, 2.05) is 40.7 Å². The van der Waals surface area contributed by atoms with Gasteiger partial charge in [-0.15, -0.1) is 0 Å². The molecule has 0 bridgehead atoms. The molecule has 120 valence electrons. The van der Waals surface area contributed by atoms with Crippen molar-refractivity contribution >= 4 is 11.7 Å². The zero-order valence-corrected chi connectivity index (χ0v) is 14.1. The Hall–Kier alpha value is -2.68. The number of anilines is 1. The van der Waals surface area contributed by atoms with Crippen molar-refractivity contribution in [1.29, 1.82) is 5.26 Å². The molecule has 0 saturated carbocycles. The molecule has 0 aromatic carbocycles. The molecule has 6 heteroatoms. The number of pyridine rings is 1. The van der Waals surface area contributed by atoms with E-state index in [0.29, 0.717) is 17.0 Å². The summed E-state index contributed by atoms with van der Waals surface area (Å²) in [5.74, 6) is 0.239. The lowest BCUT2D eigenvalue weighted by molar-refractivity contribution is 0.102. The SMILES string of the molecule is CC(C)c1ccc(C(=O)Nc2nn(C(C)(C)C)cc2C#N)cn1. The predicted molar refractivity (Wildman–Crippen MR) is 88.2 cm³/mol. The number of nitriles is 1. The maximum absolute atomic E-state index is 12.3. The Balaban J connectivity index is 2.23. The molecule has 2 aromatic heterocycles. The van der Waals surface area contributed by atoms with Crippen LogP contribution >= 0.6 is 0 Å². The van der Waals surface area contributed by atoms with Crippen LogP contribution < -0.4 is 5.32 Å². The van der Waals surface area contributed by atoms with E-state index < -0.39 is 0 Å². The van der Waals surface area contributed by atoms with Crippen molar-refractivity contribution in [3.8, 4) is 6.07 Å². The monoisotopic (exact) mass is 311 g/mol. The molecule has 0 aliphatic heterocycles. The van der Waals surface area contributed by atoms with Gasteiger partial charge in [0.25, 0.3) is 5.91 Å². The maximum Gasteiger partial charge on any atom is 0.258 e. The Morgan fingerprint density at radius 3 is 2.52 bits per heavy atom. The van der Waals surface area contributed by atoms with Crippen molar-refractivity contribution in [3.63, 3.8) is 0 Å². The molecule has 0 spiro atoms. The average Bonchev–Trinajstić information content (AvgIpc) is 2.90. The molecule has 6 nitrogen and oxygen atoms in total. The first kappa shape index (κ1) is 16.7. The number of amides is 1. The number of hydrogen-bond acceptors (Lipinski definition) is 4. The number of aromatic nitrogens is 3. The minimum atomic E-state index is -0.330. The van der Waals surface area contributed by atoms with E-state index in [1.54, 1.807) is 16.9 Å². The Bertz CT molecular complexity index is 745. The molecular weight excluding hydrogens is 290 g/mol. The van der Waals surface area contributed by atoms with Crippen molar-refractivity contribution in [2.24, 2.45) is 0 Å². The van der Waals surface area contributed by atoms with Gasteiger partial charge in [-0.2, -0.15) is 10.4 Å². The molecule has 0 aliphatic rings. The van der Waals surface area contributed by atoms with Crippen molar-refractivity contribution in [2.45, 2.75) is 46.1 Å². The molecule has 0 aliphatic carbocycles. The molecule has 1 amide bonds. The predicted octanol–water partition coefficient (Wildman–Crippen LogP) is 3.28. The van der Waals surface area contributed by atoms with E-state index in [9.17, 15) is 10.1 Å². The van der Waals surface area contributed by atoms with E-state index >= 15 is 0 Å². The first-order valence-electron chi connectivity index (χ1n) is 7.50. The number of hydrogen-bond donors (Lipinski definition) is 1. The molecule has 0 radical (unpaired) electrons. The van der Waals surface area contributed by atoms with Gasteiger partial charge in [-0.3, -0.25) is 14.5 Å². The van der Waals surface area contributed by atoms with Crippen molar-refractivity contribution in [3.05, 3.63) is 41.3 Å². The second-order valence-electron chi connectivity index (χ2n) is 6.70. The fourth-order valence-corrected chi connectivity index (χ4v) is 1.95. The molecule has 0 atom stereocenters. The Labute approximate surface area is 136 Å². The quantitative estimate of drug-likeness (QED) is 0.942. The summed E-state index contributed by atoms with van der Waals surface area (Å²) in [5.41, 5.74) is 1.43.